The third kappa shape index (κ3) is 2.25. The maximum Gasteiger partial charge on any atom is 0.309 e. The van der Waals surface area contributed by atoms with Crippen molar-refractivity contribution >= 4 is 28.9 Å². The molecule has 0 saturated carbocycles. The number of thiophene rings is 1. The average Bonchev–Trinajstić information content (AvgIpc) is 2.72. The van der Waals surface area contributed by atoms with Crippen LogP contribution in [0.2, 0.25) is 4.34 Å². The molecule has 84 valence electrons. The van der Waals surface area contributed by atoms with Gasteiger partial charge in [0.1, 0.15) is 11.5 Å². The maximum atomic E-state index is 10.7. The highest BCUT2D eigenvalue weighted by Gasteiger charge is 2.14. The molecular weight excluding hydrogens is 248 g/mol. The van der Waals surface area contributed by atoms with Gasteiger partial charge in [0.15, 0.2) is 0 Å². The molecule has 0 atom stereocenters. The molecule has 2 aromatic rings. The van der Waals surface area contributed by atoms with Crippen molar-refractivity contribution in [3.8, 4) is 10.6 Å². The molecule has 0 aliphatic heterocycles. The van der Waals surface area contributed by atoms with E-state index in [0.29, 0.717) is 21.5 Å². The zero-order valence-electron chi connectivity index (χ0n) is 8.45. The Morgan fingerprint density at radius 3 is 2.94 bits per heavy atom. The van der Waals surface area contributed by atoms with Crippen LogP contribution in [0.3, 0.4) is 0 Å². The number of H-pyrrole nitrogens is 1. The Balaban J connectivity index is 2.43. The van der Waals surface area contributed by atoms with Crippen LogP contribution in [0.25, 0.3) is 10.6 Å². The lowest BCUT2D eigenvalue weighted by atomic mass is 10.2. The maximum absolute atomic E-state index is 10.7. The Morgan fingerprint density at radius 1 is 1.62 bits per heavy atom. The molecule has 4 nitrogen and oxygen atoms in total. The van der Waals surface area contributed by atoms with Crippen molar-refractivity contribution in [3.63, 3.8) is 0 Å². The number of carboxylic acids is 1. The summed E-state index contributed by atoms with van der Waals surface area (Å²) in [6, 6.07) is 3.62. The first-order valence-electron chi connectivity index (χ1n) is 4.59. The highest BCUT2D eigenvalue weighted by atomic mass is 35.5. The molecular formula is C10H9ClN2O2S. The first-order chi connectivity index (χ1) is 7.56. The van der Waals surface area contributed by atoms with E-state index in [1.165, 1.54) is 11.3 Å². The van der Waals surface area contributed by atoms with E-state index in [9.17, 15) is 4.79 Å². The monoisotopic (exact) mass is 256 g/mol. The van der Waals surface area contributed by atoms with Crippen LogP contribution in [0.1, 0.15) is 11.5 Å². The van der Waals surface area contributed by atoms with Gasteiger partial charge in [-0.2, -0.15) is 0 Å². The minimum Gasteiger partial charge on any atom is -0.481 e. The fraction of sp³-hybridized carbons (Fsp3) is 0.200. The Labute approximate surface area is 101 Å². The molecule has 2 rings (SSSR count). The number of aliphatic carboxylic acids is 1. The Bertz CT molecular complexity index is 533. The lowest BCUT2D eigenvalue weighted by Crippen LogP contribution is -2.01. The van der Waals surface area contributed by atoms with Gasteiger partial charge in [-0.15, -0.1) is 11.3 Å². The number of imidazole rings is 1. The fourth-order valence-corrected chi connectivity index (χ4v) is 2.53. The summed E-state index contributed by atoms with van der Waals surface area (Å²) in [4.78, 5) is 18.8. The van der Waals surface area contributed by atoms with Crippen LogP contribution in [-0.2, 0) is 11.2 Å². The zero-order chi connectivity index (χ0) is 11.7. The van der Waals surface area contributed by atoms with Crippen molar-refractivity contribution in [2.45, 2.75) is 13.3 Å². The molecule has 2 N–H and O–H groups in total. The molecule has 0 spiro atoms. The van der Waals surface area contributed by atoms with Crippen LogP contribution in [0.15, 0.2) is 12.1 Å². The molecule has 2 aromatic heterocycles. The third-order valence-electron chi connectivity index (χ3n) is 2.03. The number of aryl methyl sites for hydroxylation is 1. The summed E-state index contributed by atoms with van der Waals surface area (Å²) in [6.07, 6.45) is -0.0638. The quantitative estimate of drug-likeness (QED) is 0.887. The van der Waals surface area contributed by atoms with Gasteiger partial charge >= 0.3 is 5.97 Å². The minimum absolute atomic E-state index is 0.0638. The summed E-state index contributed by atoms with van der Waals surface area (Å²) in [5.74, 6) is -0.177. The molecule has 0 aliphatic carbocycles. The number of hydrogen-bond acceptors (Lipinski definition) is 3. The van der Waals surface area contributed by atoms with E-state index < -0.39 is 5.97 Å². The highest BCUT2D eigenvalue weighted by Crippen LogP contribution is 2.32. The van der Waals surface area contributed by atoms with Crippen LogP contribution in [-0.4, -0.2) is 21.0 Å². The molecule has 0 saturated heterocycles. The SMILES string of the molecule is Cc1nc(-c2ccc(Cl)s2)c(CC(=O)O)[nH]1. The van der Waals surface area contributed by atoms with Crippen molar-refractivity contribution in [1.82, 2.24) is 9.97 Å². The average molecular weight is 257 g/mol. The van der Waals surface area contributed by atoms with Crippen molar-refractivity contribution in [1.29, 1.82) is 0 Å². The fourth-order valence-electron chi connectivity index (χ4n) is 1.47. The summed E-state index contributed by atoms with van der Waals surface area (Å²) < 4.78 is 0.664. The van der Waals surface area contributed by atoms with Crippen LogP contribution >= 0.6 is 22.9 Å². The second-order valence-electron chi connectivity index (χ2n) is 3.32. The number of nitrogens with zero attached hydrogens (tertiary/aromatic N) is 1. The number of aromatic amines is 1. The number of nitrogens with one attached hydrogen (secondary N) is 1. The minimum atomic E-state index is -0.882. The molecule has 6 heteroatoms. The molecule has 0 fully saturated rings. The van der Waals surface area contributed by atoms with Gasteiger partial charge in [-0.3, -0.25) is 4.79 Å². The van der Waals surface area contributed by atoms with Crippen LogP contribution in [0.5, 0.6) is 0 Å². The predicted octanol–water partition coefficient (Wildman–Crippen LogP) is 2.73. The number of rotatable bonds is 3. The van der Waals surface area contributed by atoms with E-state index in [-0.39, 0.29) is 6.42 Å². The van der Waals surface area contributed by atoms with Gasteiger partial charge in [-0.25, -0.2) is 4.98 Å². The largest absolute Gasteiger partial charge is 0.481 e. The Kier molecular flexibility index (Phi) is 2.98. The summed E-state index contributed by atoms with van der Waals surface area (Å²) in [5, 5.41) is 8.78. The van der Waals surface area contributed by atoms with Crippen molar-refractivity contribution in [2.75, 3.05) is 0 Å². The van der Waals surface area contributed by atoms with E-state index in [0.717, 1.165) is 4.88 Å². The number of carboxylic acid groups (broad SMARTS) is 1. The summed E-state index contributed by atoms with van der Waals surface area (Å²) >= 11 is 7.22. The van der Waals surface area contributed by atoms with Crippen molar-refractivity contribution in [2.24, 2.45) is 0 Å². The van der Waals surface area contributed by atoms with E-state index in [2.05, 4.69) is 9.97 Å². The molecule has 0 amide bonds. The lowest BCUT2D eigenvalue weighted by molar-refractivity contribution is -0.136. The second kappa shape index (κ2) is 4.27. The third-order valence-corrected chi connectivity index (χ3v) is 3.27. The van der Waals surface area contributed by atoms with Crippen LogP contribution in [0, 0.1) is 6.92 Å². The Hall–Kier alpha value is -1.33. The van der Waals surface area contributed by atoms with Crippen molar-refractivity contribution in [3.05, 3.63) is 28.0 Å². The van der Waals surface area contributed by atoms with Gasteiger partial charge in [-0.05, 0) is 19.1 Å². The second-order valence-corrected chi connectivity index (χ2v) is 5.04. The molecule has 0 bridgehead atoms. The zero-order valence-corrected chi connectivity index (χ0v) is 10.0. The number of hydrogen-bond donors (Lipinski definition) is 2. The topological polar surface area (TPSA) is 66.0 Å². The van der Waals surface area contributed by atoms with E-state index >= 15 is 0 Å². The predicted molar refractivity (Wildman–Crippen MR) is 63.0 cm³/mol. The van der Waals surface area contributed by atoms with Crippen LogP contribution < -0.4 is 0 Å². The summed E-state index contributed by atoms with van der Waals surface area (Å²) in [6.45, 7) is 1.80. The summed E-state index contributed by atoms with van der Waals surface area (Å²) in [7, 11) is 0. The van der Waals surface area contributed by atoms with E-state index in [4.69, 9.17) is 16.7 Å². The molecule has 0 radical (unpaired) electrons. The van der Waals surface area contributed by atoms with E-state index in [1.54, 1.807) is 13.0 Å². The van der Waals surface area contributed by atoms with Gasteiger partial charge in [-0.1, -0.05) is 11.6 Å². The van der Waals surface area contributed by atoms with Gasteiger partial charge in [0.25, 0.3) is 0 Å². The van der Waals surface area contributed by atoms with Crippen molar-refractivity contribution < 1.29 is 9.90 Å². The Morgan fingerprint density at radius 2 is 2.38 bits per heavy atom. The normalized spacial score (nSPS) is 10.6. The lowest BCUT2D eigenvalue weighted by Gasteiger charge is -1.96. The number of halogens is 1. The first kappa shape index (κ1) is 11.2. The van der Waals surface area contributed by atoms with Gasteiger partial charge < -0.3 is 10.1 Å². The van der Waals surface area contributed by atoms with E-state index in [1.807, 2.05) is 6.07 Å². The molecule has 0 unspecified atom stereocenters. The smallest absolute Gasteiger partial charge is 0.309 e. The molecule has 0 aliphatic rings. The van der Waals surface area contributed by atoms with Crippen LogP contribution in [0.4, 0.5) is 0 Å². The number of carbonyl (C=O) groups is 1. The molecule has 0 aromatic carbocycles. The molecule has 16 heavy (non-hydrogen) atoms. The van der Waals surface area contributed by atoms with Gasteiger partial charge in [0.2, 0.25) is 0 Å². The van der Waals surface area contributed by atoms with Gasteiger partial charge in [0, 0.05) is 0 Å². The summed E-state index contributed by atoms with van der Waals surface area (Å²) in [5.41, 5.74) is 1.29. The standard InChI is InChI=1S/C10H9ClN2O2S/c1-5-12-6(4-9(14)15)10(13-5)7-2-3-8(11)16-7/h2-3H,4H2,1H3,(H,12,13)(H,14,15). The highest BCUT2D eigenvalue weighted by molar-refractivity contribution is 7.19. The molecule has 2 heterocycles. The first-order valence-corrected chi connectivity index (χ1v) is 5.78. The number of aromatic nitrogens is 2. The van der Waals surface area contributed by atoms with Gasteiger partial charge in [0.05, 0.1) is 21.3 Å².